The molecule has 4 aromatic carbocycles. The number of benzene rings is 4. The first-order chi connectivity index (χ1) is 17.4. The Morgan fingerprint density at radius 2 is 0.750 bits per heavy atom. The lowest BCUT2D eigenvalue weighted by molar-refractivity contribution is 0.101. The van der Waals surface area contributed by atoms with Crippen LogP contribution >= 0.6 is 30.7 Å². The Morgan fingerprint density at radius 1 is 0.472 bits per heavy atom. The second-order valence-electron chi connectivity index (χ2n) is 7.89. The lowest BCUT2D eigenvalue weighted by Gasteiger charge is -2.12. The molecule has 0 saturated heterocycles. The molecule has 2 unspecified atom stereocenters. The van der Waals surface area contributed by atoms with Crippen LogP contribution in [0.3, 0.4) is 0 Å². The van der Waals surface area contributed by atoms with E-state index in [-0.39, 0.29) is 11.8 Å². The molecule has 4 N–H and O–H groups in total. The molecule has 0 radical (unpaired) electrons. The molecule has 6 nitrogen and oxygen atoms in total. The summed E-state index contributed by atoms with van der Waals surface area (Å²) in [7, 11) is 5.22. The lowest BCUT2D eigenvalue weighted by atomic mass is 10.2. The fraction of sp³-hybridized carbons (Fsp3) is 0. The van der Waals surface area contributed by atoms with Crippen molar-refractivity contribution in [3.8, 4) is 0 Å². The Morgan fingerprint density at radius 3 is 1.08 bits per heavy atom. The van der Waals surface area contributed by atoms with E-state index in [0.29, 0.717) is 16.2 Å². The Balaban J connectivity index is 1.28. The normalized spacial score (nSPS) is 10.3. The Labute approximate surface area is 219 Å². The van der Waals surface area contributed by atoms with Crippen molar-refractivity contribution in [3.63, 3.8) is 0 Å². The fourth-order valence-corrected chi connectivity index (χ4v) is 3.86. The smallest absolute Gasteiger partial charge is 0.255 e. The maximum absolute atomic E-state index is 12.5. The molecule has 2 amide bonds. The van der Waals surface area contributed by atoms with Gasteiger partial charge >= 0.3 is 0 Å². The van der Waals surface area contributed by atoms with E-state index in [9.17, 15) is 9.59 Å². The van der Waals surface area contributed by atoms with Crippen LogP contribution in [0.1, 0.15) is 20.7 Å². The monoisotopic (exact) mass is 530 g/mol. The molecule has 0 aromatic heterocycles. The minimum absolute atomic E-state index is 0.190. The van der Waals surface area contributed by atoms with Gasteiger partial charge in [0.05, 0.1) is 0 Å². The number of rotatable bonds is 6. The summed E-state index contributed by atoms with van der Waals surface area (Å²) in [6.45, 7) is 0. The number of hydrogen-bond acceptors (Lipinski definition) is 3. The Hall–Kier alpha value is -3.63. The molecule has 9 heteroatoms. The van der Waals surface area contributed by atoms with Crippen molar-refractivity contribution in [3.05, 3.63) is 108 Å². The first-order valence-corrected chi connectivity index (χ1v) is 12.5. The van der Waals surface area contributed by atoms with Gasteiger partial charge in [-0.3, -0.25) is 9.59 Å². The minimum atomic E-state index is -0.190. The molecule has 2 atom stereocenters. The van der Waals surface area contributed by atoms with Gasteiger partial charge in [-0.05, 0) is 95.6 Å². The average molecular weight is 531 g/mol. The number of carbonyl (C=O) groups excluding carboxylic acids is 2. The molecule has 0 bridgehead atoms. The predicted octanol–water partition coefficient (Wildman–Crippen LogP) is 5.00. The first kappa shape index (κ1) is 25.5. The number of hydrogen-bond donors (Lipinski definition) is 4. The molecule has 0 spiro atoms. The molecule has 0 heterocycles. The number of thiocarbonyl (C=S) groups is 1. The molecule has 0 saturated carbocycles. The van der Waals surface area contributed by atoms with Gasteiger partial charge in [0.1, 0.15) is 0 Å². The van der Waals surface area contributed by atoms with Gasteiger partial charge in [0, 0.05) is 33.9 Å². The van der Waals surface area contributed by atoms with E-state index in [0.717, 1.165) is 33.4 Å². The van der Waals surface area contributed by atoms with Crippen molar-refractivity contribution in [1.82, 2.24) is 0 Å². The number of nitrogens with one attached hydrogen (secondary N) is 4. The summed E-state index contributed by atoms with van der Waals surface area (Å²) < 4.78 is 0. The van der Waals surface area contributed by atoms with Gasteiger partial charge in [0.15, 0.2) is 5.11 Å². The fourth-order valence-electron chi connectivity index (χ4n) is 3.24. The molecule has 36 heavy (non-hydrogen) atoms. The average Bonchev–Trinajstić information content (AvgIpc) is 2.87. The zero-order chi connectivity index (χ0) is 25.5. The highest BCUT2D eigenvalue weighted by Gasteiger charge is 2.08. The van der Waals surface area contributed by atoms with Crippen molar-refractivity contribution < 1.29 is 9.59 Å². The second kappa shape index (κ2) is 11.9. The van der Waals surface area contributed by atoms with Gasteiger partial charge in [-0.1, -0.05) is 24.3 Å². The van der Waals surface area contributed by atoms with Crippen molar-refractivity contribution in [2.75, 3.05) is 21.3 Å². The molecular weight excluding hydrogens is 506 g/mol. The van der Waals surface area contributed by atoms with Crippen molar-refractivity contribution in [2.45, 2.75) is 0 Å². The van der Waals surface area contributed by atoms with Crippen LogP contribution in [-0.4, -0.2) is 16.9 Å². The standard InChI is InChI=1S/C27H24N4O2P2S/c32-25(28-19-9-13-23(34)14-10-19)17-1-5-21(6-2-17)30-27(36)31-22-7-3-18(4-8-22)26(33)29-20-11-15-24(35)16-12-20/h1-16H,34-35H2,(H,28,32)(H,29,33)(H2,30,31,36). The van der Waals surface area contributed by atoms with Crippen molar-refractivity contribution >= 4 is 81.0 Å². The summed E-state index contributed by atoms with van der Waals surface area (Å²) in [4.78, 5) is 24.9. The third-order valence-corrected chi connectivity index (χ3v) is 6.12. The van der Waals surface area contributed by atoms with E-state index in [1.165, 1.54) is 0 Å². The summed E-state index contributed by atoms with van der Waals surface area (Å²) in [5.41, 5.74) is 4.02. The zero-order valence-corrected chi connectivity index (χ0v) is 22.2. The predicted molar refractivity (Wildman–Crippen MR) is 160 cm³/mol. The van der Waals surface area contributed by atoms with Crippen LogP contribution in [0.25, 0.3) is 0 Å². The number of amides is 2. The van der Waals surface area contributed by atoms with Crippen LogP contribution in [0.4, 0.5) is 22.7 Å². The molecule has 0 aliphatic heterocycles. The molecule has 180 valence electrons. The largest absolute Gasteiger partial charge is 0.332 e. The summed E-state index contributed by atoms with van der Waals surface area (Å²) in [5.74, 6) is -0.381. The van der Waals surface area contributed by atoms with Crippen LogP contribution in [-0.2, 0) is 0 Å². The number of anilines is 4. The van der Waals surface area contributed by atoms with E-state index >= 15 is 0 Å². The number of carbonyl (C=O) groups is 2. The van der Waals surface area contributed by atoms with E-state index in [2.05, 4.69) is 39.7 Å². The lowest BCUT2D eigenvalue weighted by Crippen LogP contribution is -2.19. The van der Waals surface area contributed by atoms with Gasteiger partial charge in [-0.15, -0.1) is 18.5 Å². The molecule has 4 aromatic rings. The molecule has 0 fully saturated rings. The zero-order valence-electron chi connectivity index (χ0n) is 19.1. The van der Waals surface area contributed by atoms with Crippen molar-refractivity contribution in [2.24, 2.45) is 0 Å². The Bertz CT molecular complexity index is 1270. The van der Waals surface area contributed by atoms with Crippen molar-refractivity contribution in [1.29, 1.82) is 0 Å². The van der Waals surface area contributed by atoms with E-state index in [1.54, 1.807) is 48.5 Å². The topological polar surface area (TPSA) is 82.3 Å². The Kier molecular flexibility index (Phi) is 8.40. The summed E-state index contributed by atoms with van der Waals surface area (Å²) in [5, 5.41) is 14.4. The minimum Gasteiger partial charge on any atom is -0.332 e. The SMILES string of the molecule is O=C(Nc1ccc(P)cc1)c1ccc(NC(=S)Nc2ccc(C(=O)Nc3ccc(P)cc3)cc2)cc1. The van der Waals surface area contributed by atoms with Crippen LogP contribution < -0.4 is 31.9 Å². The van der Waals surface area contributed by atoms with Crippen LogP contribution in [0.15, 0.2) is 97.1 Å². The van der Waals surface area contributed by atoms with E-state index < -0.39 is 0 Å². The summed E-state index contributed by atoms with van der Waals surface area (Å²) in [6.07, 6.45) is 0. The quantitative estimate of drug-likeness (QED) is 0.208. The highest BCUT2D eigenvalue weighted by molar-refractivity contribution is 7.80. The third kappa shape index (κ3) is 7.19. The van der Waals surface area contributed by atoms with Crippen LogP contribution in [0.5, 0.6) is 0 Å². The molecule has 0 aliphatic rings. The van der Waals surface area contributed by atoms with Gasteiger partial charge in [0.2, 0.25) is 0 Å². The van der Waals surface area contributed by atoms with Crippen LogP contribution in [0, 0.1) is 0 Å². The van der Waals surface area contributed by atoms with Gasteiger partial charge < -0.3 is 21.3 Å². The van der Waals surface area contributed by atoms with Gasteiger partial charge in [-0.2, -0.15) is 0 Å². The summed E-state index contributed by atoms with van der Waals surface area (Å²) in [6, 6.07) is 29.1. The maximum atomic E-state index is 12.5. The summed E-state index contributed by atoms with van der Waals surface area (Å²) >= 11 is 5.40. The molecule has 0 aliphatic carbocycles. The van der Waals surface area contributed by atoms with Crippen LogP contribution in [0.2, 0.25) is 0 Å². The first-order valence-electron chi connectivity index (χ1n) is 11.0. The molecule has 4 rings (SSSR count). The van der Waals surface area contributed by atoms with E-state index in [4.69, 9.17) is 12.2 Å². The third-order valence-electron chi connectivity index (χ3n) is 5.15. The highest BCUT2D eigenvalue weighted by atomic mass is 32.1. The maximum Gasteiger partial charge on any atom is 0.255 e. The molecular formula is C27H24N4O2P2S. The highest BCUT2D eigenvalue weighted by Crippen LogP contribution is 2.15. The van der Waals surface area contributed by atoms with E-state index in [1.807, 2.05) is 48.5 Å². The second-order valence-corrected chi connectivity index (χ2v) is 9.63. The van der Waals surface area contributed by atoms with Gasteiger partial charge in [0.25, 0.3) is 11.8 Å². The van der Waals surface area contributed by atoms with Gasteiger partial charge in [-0.25, -0.2) is 0 Å².